The highest BCUT2D eigenvalue weighted by Crippen LogP contribution is 2.48. The van der Waals surface area contributed by atoms with E-state index in [1.54, 1.807) is 24.3 Å². The Balaban J connectivity index is 1.58. The molecule has 0 unspecified atom stereocenters. The maximum Gasteiger partial charge on any atom is 0.200 e. The molecular weight excluding hydrogens is 480 g/mol. The highest BCUT2D eigenvalue weighted by Gasteiger charge is 2.51. The van der Waals surface area contributed by atoms with Crippen LogP contribution in [-0.4, -0.2) is 72.0 Å². The minimum absolute atomic E-state index is 0.0297. The summed E-state index contributed by atoms with van der Waals surface area (Å²) >= 11 is 0. The Morgan fingerprint density at radius 2 is 1.49 bits per heavy atom. The molecule has 2 aromatic rings. The number of aliphatic hydroxyl groups is 3. The Bertz CT molecular complexity index is 1030. The highest BCUT2D eigenvalue weighted by molar-refractivity contribution is 5.53. The molecule has 0 aromatic heterocycles. The van der Waals surface area contributed by atoms with Crippen LogP contribution in [0.3, 0.4) is 0 Å². The van der Waals surface area contributed by atoms with Gasteiger partial charge in [0.25, 0.3) is 0 Å². The van der Waals surface area contributed by atoms with E-state index in [-0.39, 0.29) is 40.8 Å². The van der Waals surface area contributed by atoms with Gasteiger partial charge in [-0.1, -0.05) is 6.07 Å². The lowest BCUT2D eigenvalue weighted by Gasteiger charge is -2.51. The summed E-state index contributed by atoms with van der Waals surface area (Å²) in [5.74, 6) is 0.236. The molecule has 4 rings (SSSR count). The average Bonchev–Trinajstić information content (AvgIpc) is 2.89. The smallest absolute Gasteiger partial charge is 0.200 e. The van der Waals surface area contributed by atoms with Gasteiger partial charge in [-0.2, -0.15) is 0 Å². The predicted molar refractivity (Wildman–Crippen MR) is 135 cm³/mol. The summed E-state index contributed by atoms with van der Waals surface area (Å²) in [6, 6.07) is 8.62. The molecule has 0 radical (unpaired) electrons. The van der Waals surface area contributed by atoms with Gasteiger partial charge in [0.15, 0.2) is 23.0 Å². The third kappa shape index (κ3) is 5.60. The molecule has 2 fully saturated rings. The maximum atomic E-state index is 11.6. The van der Waals surface area contributed by atoms with Crippen molar-refractivity contribution < 1.29 is 44.5 Å². The number of hydrogen-bond donors (Lipinski definition) is 5. The summed E-state index contributed by atoms with van der Waals surface area (Å²) in [6.45, 7) is -0.463. The van der Waals surface area contributed by atoms with Gasteiger partial charge in [-0.15, -0.1) is 0 Å². The van der Waals surface area contributed by atoms with E-state index in [4.69, 9.17) is 18.9 Å². The van der Waals surface area contributed by atoms with Crippen LogP contribution in [0.4, 0.5) is 0 Å². The van der Waals surface area contributed by atoms with Gasteiger partial charge in [0.2, 0.25) is 5.75 Å². The van der Waals surface area contributed by atoms with Crippen LogP contribution in [0.5, 0.6) is 28.7 Å². The molecule has 0 amide bonds. The molecule has 9 heteroatoms. The topological polar surface area (TPSA) is 138 Å². The molecule has 2 aliphatic rings. The molecule has 204 valence electrons. The Morgan fingerprint density at radius 3 is 2.11 bits per heavy atom. The number of fused-ring (bicyclic) bond motifs is 1. The molecule has 7 atom stereocenters. The van der Waals surface area contributed by atoms with Crippen LogP contribution in [-0.2, 0) is 17.6 Å². The van der Waals surface area contributed by atoms with E-state index in [9.17, 15) is 25.5 Å². The number of phenols is 2. The first kappa shape index (κ1) is 27.3. The SMILES string of the molecule is COc1cc(C[C@H]2CC[C@H]3C[C@@H](O)[C@@H](Cc4cc(OC)c(O)c(OC)c4)[C@H](O)[C@@H]3[C@H]2OCO)ccc1O. The monoisotopic (exact) mass is 518 g/mol. The van der Waals surface area contributed by atoms with Gasteiger partial charge in [-0.05, 0) is 79.3 Å². The minimum atomic E-state index is -0.867. The van der Waals surface area contributed by atoms with E-state index in [0.29, 0.717) is 25.0 Å². The molecule has 2 saturated carbocycles. The zero-order chi connectivity index (χ0) is 26.7. The molecule has 5 N–H and O–H groups in total. The van der Waals surface area contributed by atoms with Crippen molar-refractivity contribution in [1.29, 1.82) is 0 Å². The molecule has 0 aliphatic heterocycles. The van der Waals surface area contributed by atoms with E-state index in [1.807, 2.05) is 6.07 Å². The molecule has 0 spiro atoms. The second-order valence-electron chi connectivity index (χ2n) is 10.2. The third-order valence-electron chi connectivity index (χ3n) is 8.19. The van der Waals surface area contributed by atoms with Crippen LogP contribution < -0.4 is 14.2 Å². The second kappa shape index (κ2) is 11.8. The first-order valence-corrected chi connectivity index (χ1v) is 12.7. The second-order valence-corrected chi connectivity index (χ2v) is 10.2. The number of hydrogen-bond acceptors (Lipinski definition) is 9. The number of ether oxygens (including phenoxy) is 4. The Kier molecular flexibility index (Phi) is 8.69. The predicted octanol–water partition coefficient (Wildman–Crippen LogP) is 2.63. The van der Waals surface area contributed by atoms with Crippen molar-refractivity contribution in [2.24, 2.45) is 23.7 Å². The summed E-state index contributed by atoms with van der Waals surface area (Å²) in [5, 5.41) is 52.6. The van der Waals surface area contributed by atoms with Gasteiger partial charge >= 0.3 is 0 Å². The lowest BCUT2D eigenvalue weighted by molar-refractivity contribution is -0.186. The molecule has 0 saturated heterocycles. The minimum Gasteiger partial charge on any atom is -0.504 e. The fourth-order valence-electron chi connectivity index (χ4n) is 6.41. The van der Waals surface area contributed by atoms with Crippen molar-refractivity contribution >= 4 is 0 Å². The van der Waals surface area contributed by atoms with Gasteiger partial charge in [0.05, 0.1) is 39.6 Å². The van der Waals surface area contributed by atoms with Crippen molar-refractivity contribution in [3.8, 4) is 28.7 Å². The number of aliphatic hydroxyl groups excluding tert-OH is 3. The van der Waals surface area contributed by atoms with Crippen LogP contribution >= 0.6 is 0 Å². The van der Waals surface area contributed by atoms with Crippen molar-refractivity contribution in [1.82, 2.24) is 0 Å². The maximum absolute atomic E-state index is 11.6. The zero-order valence-electron chi connectivity index (χ0n) is 21.5. The van der Waals surface area contributed by atoms with Gasteiger partial charge < -0.3 is 44.5 Å². The Morgan fingerprint density at radius 1 is 0.838 bits per heavy atom. The molecular formula is C28H38O9. The van der Waals surface area contributed by atoms with E-state index in [1.165, 1.54) is 21.3 Å². The number of benzene rings is 2. The van der Waals surface area contributed by atoms with E-state index < -0.39 is 31.0 Å². The van der Waals surface area contributed by atoms with Crippen LogP contribution in [0.15, 0.2) is 30.3 Å². The molecule has 37 heavy (non-hydrogen) atoms. The van der Waals surface area contributed by atoms with Crippen molar-refractivity contribution in [2.45, 2.75) is 50.4 Å². The fourth-order valence-corrected chi connectivity index (χ4v) is 6.41. The van der Waals surface area contributed by atoms with Crippen LogP contribution in [0.25, 0.3) is 0 Å². The van der Waals surface area contributed by atoms with Crippen LogP contribution in [0.1, 0.15) is 30.4 Å². The van der Waals surface area contributed by atoms with E-state index in [2.05, 4.69) is 0 Å². The van der Waals surface area contributed by atoms with Gasteiger partial charge in [-0.3, -0.25) is 0 Å². The standard InChI is InChI=1S/C28H38O9/c1-34-22-10-15(4-7-20(22)30)8-18-6-5-17-13-21(31)19(26(32)25(17)28(18)37-14-29)9-16-11-23(35-2)27(33)24(12-16)36-3/h4,7,10-12,17-19,21,25-26,28-33H,5-6,8-9,13-14H2,1-3H3/t17-,18+,19+,21+,25+,26-,28-/m0/s1. The summed E-state index contributed by atoms with van der Waals surface area (Å²) in [5.41, 5.74) is 1.73. The number of aromatic hydroxyl groups is 2. The average molecular weight is 519 g/mol. The number of phenolic OH excluding ortho intramolecular Hbond substituents is 2. The molecule has 2 aliphatic carbocycles. The Labute approximate surface area is 217 Å². The molecule has 9 nitrogen and oxygen atoms in total. The van der Waals surface area contributed by atoms with Gasteiger partial charge in [0.1, 0.15) is 6.79 Å². The number of methoxy groups -OCH3 is 3. The van der Waals surface area contributed by atoms with Gasteiger partial charge in [0, 0.05) is 11.8 Å². The highest BCUT2D eigenvalue weighted by atomic mass is 16.6. The largest absolute Gasteiger partial charge is 0.504 e. The van der Waals surface area contributed by atoms with Crippen molar-refractivity contribution in [3.05, 3.63) is 41.5 Å². The number of rotatable bonds is 9. The van der Waals surface area contributed by atoms with E-state index >= 15 is 0 Å². The first-order valence-electron chi connectivity index (χ1n) is 12.7. The quantitative estimate of drug-likeness (QED) is 0.317. The molecule has 2 aromatic carbocycles. The van der Waals surface area contributed by atoms with Crippen LogP contribution in [0.2, 0.25) is 0 Å². The van der Waals surface area contributed by atoms with Gasteiger partial charge in [-0.25, -0.2) is 0 Å². The Hall–Kier alpha value is -2.72. The lowest BCUT2D eigenvalue weighted by Crippen LogP contribution is -2.56. The van der Waals surface area contributed by atoms with E-state index in [0.717, 1.165) is 24.0 Å². The summed E-state index contributed by atoms with van der Waals surface area (Å²) < 4.78 is 21.7. The molecule has 0 bridgehead atoms. The van der Waals surface area contributed by atoms with Crippen molar-refractivity contribution in [2.75, 3.05) is 28.1 Å². The normalized spacial score (nSPS) is 29.4. The van der Waals surface area contributed by atoms with Crippen LogP contribution in [0, 0.1) is 23.7 Å². The summed E-state index contributed by atoms with van der Waals surface area (Å²) in [6.07, 6.45) is 1.19. The summed E-state index contributed by atoms with van der Waals surface area (Å²) in [4.78, 5) is 0. The summed E-state index contributed by atoms with van der Waals surface area (Å²) in [7, 11) is 4.41. The fraction of sp³-hybridized carbons (Fsp3) is 0.571. The zero-order valence-corrected chi connectivity index (χ0v) is 21.5. The first-order chi connectivity index (χ1) is 17.8. The van der Waals surface area contributed by atoms with Crippen molar-refractivity contribution in [3.63, 3.8) is 0 Å². The molecule has 0 heterocycles. The lowest BCUT2D eigenvalue weighted by atomic mass is 9.59. The third-order valence-corrected chi connectivity index (χ3v) is 8.19.